The predicted molar refractivity (Wildman–Crippen MR) is 74.5 cm³/mol. The van der Waals surface area contributed by atoms with Crippen LogP contribution in [-0.4, -0.2) is 39.6 Å². The van der Waals surface area contributed by atoms with Crippen LogP contribution in [0.25, 0.3) is 11.0 Å². The van der Waals surface area contributed by atoms with E-state index in [4.69, 9.17) is 16.7 Å². The molecule has 1 aromatic carbocycles. The van der Waals surface area contributed by atoms with Crippen molar-refractivity contribution in [2.75, 3.05) is 14.1 Å². The van der Waals surface area contributed by atoms with Crippen molar-refractivity contribution in [3.05, 3.63) is 29.0 Å². The van der Waals surface area contributed by atoms with Crippen LogP contribution in [-0.2, 0) is 11.3 Å². The summed E-state index contributed by atoms with van der Waals surface area (Å²) in [6.45, 7) is 1.88. The first-order valence-corrected chi connectivity index (χ1v) is 6.32. The van der Waals surface area contributed by atoms with Gasteiger partial charge in [0.25, 0.3) is 0 Å². The second-order valence-electron chi connectivity index (χ2n) is 4.72. The van der Waals surface area contributed by atoms with E-state index in [2.05, 4.69) is 4.98 Å². The van der Waals surface area contributed by atoms with Crippen LogP contribution < -0.4 is 0 Å². The molecule has 1 heterocycles. The smallest absolute Gasteiger partial charge is 0.323 e. The maximum Gasteiger partial charge on any atom is 0.323 e. The minimum atomic E-state index is -0.888. The monoisotopic (exact) mass is 281 g/mol. The molecule has 0 saturated heterocycles. The molecule has 102 valence electrons. The number of carboxylic acid groups (broad SMARTS) is 1. The number of benzene rings is 1. The van der Waals surface area contributed by atoms with Gasteiger partial charge in [-0.05, 0) is 39.2 Å². The number of carboxylic acids is 1. The van der Waals surface area contributed by atoms with Gasteiger partial charge in [0, 0.05) is 5.02 Å². The minimum absolute atomic E-state index is 0.0190. The fourth-order valence-electron chi connectivity index (χ4n) is 1.97. The first kappa shape index (κ1) is 13.8. The van der Waals surface area contributed by atoms with Crippen LogP contribution in [0.2, 0.25) is 5.02 Å². The van der Waals surface area contributed by atoms with E-state index < -0.39 is 5.97 Å². The van der Waals surface area contributed by atoms with Gasteiger partial charge in [-0.15, -0.1) is 0 Å². The summed E-state index contributed by atoms with van der Waals surface area (Å²) in [4.78, 5) is 17.5. The number of hydrogen-bond acceptors (Lipinski definition) is 3. The first-order valence-electron chi connectivity index (χ1n) is 5.94. The standard InChI is InChI=1S/C13H16ClN3O2/c1-8(16(2)3)13-15-10-6-9(14)4-5-11(10)17(13)7-12(18)19/h4-6,8H,7H2,1-3H3,(H,18,19). The summed E-state index contributed by atoms with van der Waals surface area (Å²) in [6.07, 6.45) is 0. The highest BCUT2D eigenvalue weighted by molar-refractivity contribution is 6.31. The summed E-state index contributed by atoms with van der Waals surface area (Å²) in [5, 5.41) is 9.65. The molecule has 0 spiro atoms. The molecule has 0 amide bonds. The Bertz CT molecular complexity index is 622. The van der Waals surface area contributed by atoms with Gasteiger partial charge in [-0.3, -0.25) is 9.69 Å². The van der Waals surface area contributed by atoms with E-state index in [1.165, 1.54) is 0 Å². The third-order valence-electron chi connectivity index (χ3n) is 3.18. The molecule has 1 atom stereocenters. The molecule has 0 aliphatic heterocycles. The molecule has 0 aliphatic carbocycles. The summed E-state index contributed by atoms with van der Waals surface area (Å²) >= 11 is 5.95. The zero-order valence-corrected chi connectivity index (χ0v) is 11.8. The Morgan fingerprint density at radius 2 is 2.21 bits per heavy atom. The van der Waals surface area contributed by atoms with Gasteiger partial charge in [-0.25, -0.2) is 4.98 Å². The lowest BCUT2D eigenvalue weighted by atomic mass is 10.3. The lowest BCUT2D eigenvalue weighted by Gasteiger charge is -2.20. The van der Waals surface area contributed by atoms with Crippen LogP contribution >= 0.6 is 11.6 Å². The van der Waals surface area contributed by atoms with Crippen LogP contribution in [0.3, 0.4) is 0 Å². The molecule has 1 aromatic heterocycles. The molecule has 1 N–H and O–H groups in total. The van der Waals surface area contributed by atoms with E-state index in [1.807, 2.05) is 25.9 Å². The zero-order chi connectivity index (χ0) is 14.2. The second kappa shape index (κ2) is 5.19. The number of nitrogens with zero attached hydrogens (tertiary/aromatic N) is 3. The highest BCUT2D eigenvalue weighted by Crippen LogP contribution is 2.25. The van der Waals surface area contributed by atoms with Crippen molar-refractivity contribution < 1.29 is 9.90 Å². The van der Waals surface area contributed by atoms with Crippen molar-refractivity contribution in [2.45, 2.75) is 19.5 Å². The molecule has 5 nitrogen and oxygen atoms in total. The maximum atomic E-state index is 11.0. The zero-order valence-electron chi connectivity index (χ0n) is 11.1. The Labute approximate surface area is 116 Å². The largest absolute Gasteiger partial charge is 0.480 e. The molecule has 19 heavy (non-hydrogen) atoms. The van der Waals surface area contributed by atoms with Crippen LogP contribution in [0, 0.1) is 0 Å². The number of hydrogen-bond donors (Lipinski definition) is 1. The second-order valence-corrected chi connectivity index (χ2v) is 5.16. The summed E-state index contributed by atoms with van der Waals surface area (Å²) in [5.41, 5.74) is 1.51. The highest BCUT2D eigenvalue weighted by atomic mass is 35.5. The third-order valence-corrected chi connectivity index (χ3v) is 3.42. The van der Waals surface area contributed by atoms with E-state index in [9.17, 15) is 4.79 Å². The molecular weight excluding hydrogens is 266 g/mol. The first-order chi connectivity index (χ1) is 8.90. The predicted octanol–water partition coefficient (Wildman–Crippen LogP) is 2.40. The average Bonchev–Trinajstić information content (AvgIpc) is 2.65. The molecule has 0 radical (unpaired) electrons. The lowest BCUT2D eigenvalue weighted by Crippen LogP contribution is -2.22. The van der Waals surface area contributed by atoms with Crippen molar-refractivity contribution in [1.82, 2.24) is 14.5 Å². The Kier molecular flexibility index (Phi) is 3.78. The number of halogens is 1. The van der Waals surface area contributed by atoms with Crippen molar-refractivity contribution in [2.24, 2.45) is 0 Å². The van der Waals surface area contributed by atoms with Gasteiger partial charge in [0.15, 0.2) is 0 Å². The molecule has 0 aliphatic rings. The summed E-state index contributed by atoms with van der Waals surface area (Å²) in [5.74, 6) is -0.161. The van der Waals surface area contributed by atoms with Gasteiger partial charge in [-0.1, -0.05) is 11.6 Å². The van der Waals surface area contributed by atoms with Gasteiger partial charge in [-0.2, -0.15) is 0 Å². The quantitative estimate of drug-likeness (QED) is 0.935. The van der Waals surface area contributed by atoms with E-state index >= 15 is 0 Å². The van der Waals surface area contributed by atoms with Crippen LogP contribution in [0.4, 0.5) is 0 Å². The highest BCUT2D eigenvalue weighted by Gasteiger charge is 2.19. The number of fused-ring (bicyclic) bond motifs is 1. The minimum Gasteiger partial charge on any atom is -0.480 e. The Morgan fingerprint density at radius 1 is 1.53 bits per heavy atom. The number of imidazole rings is 1. The fourth-order valence-corrected chi connectivity index (χ4v) is 2.14. The third kappa shape index (κ3) is 2.72. The van der Waals surface area contributed by atoms with Gasteiger partial charge in [0.2, 0.25) is 0 Å². The normalized spacial score (nSPS) is 13.1. The fraction of sp³-hybridized carbons (Fsp3) is 0.385. The van der Waals surface area contributed by atoms with E-state index in [1.54, 1.807) is 22.8 Å². The van der Waals surface area contributed by atoms with E-state index in [0.29, 0.717) is 5.02 Å². The average molecular weight is 282 g/mol. The Morgan fingerprint density at radius 3 is 2.79 bits per heavy atom. The van der Waals surface area contributed by atoms with Crippen molar-refractivity contribution >= 4 is 28.6 Å². The summed E-state index contributed by atoms with van der Waals surface area (Å²) in [6, 6.07) is 5.32. The van der Waals surface area contributed by atoms with Crippen molar-refractivity contribution in [3.8, 4) is 0 Å². The molecule has 0 saturated carbocycles. The molecular formula is C13H16ClN3O2. The van der Waals surface area contributed by atoms with Crippen molar-refractivity contribution in [3.63, 3.8) is 0 Å². The molecule has 6 heteroatoms. The number of aromatic nitrogens is 2. The molecule has 1 unspecified atom stereocenters. The van der Waals surface area contributed by atoms with E-state index in [0.717, 1.165) is 16.9 Å². The maximum absolute atomic E-state index is 11.0. The Hall–Kier alpha value is -1.59. The van der Waals surface area contributed by atoms with Crippen LogP contribution in [0.1, 0.15) is 18.8 Å². The molecule has 2 aromatic rings. The summed E-state index contributed by atoms with van der Waals surface area (Å²) in [7, 11) is 3.87. The van der Waals surface area contributed by atoms with Gasteiger partial charge in [0.1, 0.15) is 12.4 Å². The lowest BCUT2D eigenvalue weighted by molar-refractivity contribution is -0.137. The number of rotatable bonds is 4. The molecule has 0 bridgehead atoms. The van der Waals surface area contributed by atoms with Crippen LogP contribution in [0.5, 0.6) is 0 Å². The number of aliphatic carboxylic acids is 1. The number of carbonyl (C=O) groups is 1. The topological polar surface area (TPSA) is 58.4 Å². The molecule has 2 rings (SSSR count). The van der Waals surface area contributed by atoms with Gasteiger partial charge >= 0.3 is 5.97 Å². The SMILES string of the molecule is CC(c1nc2cc(Cl)ccc2n1CC(=O)O)N(C)C. The van der Waals surface area contributed by atoms with Crippen LogP contribution in [0.15, 0.2) is 18.2 Å². The summed E-state index contributed by atoms with van der Waals surface area (Å²) < 4.78 is 1.72. The van der Waals surface area contributed by atoms with Crippen molar-refractivity contribution in [1.29, 1.82) is 0 Å². The molecule has 0 fully saturated rings. The van der Waals surface area contributed by atoms with Gasteiger partial charge < -0.3 is 9.67 Å². The van der Waals surface area contributed by atoms with Gasteiger partial charge in [0.05, 0.1) is 17.1 Å². The van der Waals surface area contributed by atoms with E-state index in [-0.39, 0.29) is 12.6 Å². The Balaban J connectivity index is 2.63.